The first-order valence-electron chi connectivity index (χ1n) is 9.75. The Hall–Kier alpha value is -2.81. The molecule has 1 aromatic carbocycles. The fourth-order valence-corrected chi connectivity index (χ4v) is 4.02. The zero-order valence-electron chi connectivity index (χ0n) is 16.9. The molecule has 2 N–H and O–H groups in total. The van der Waals surface area contributed by atoms with Gasteiger partial charge in [0.25, 0.3) is 11.5 Å². The van der Waals surface area contributed by atoms with Crippen LogP contribution in [0.25, 0.3) is 0 Å². The molecule has 0 radical (unpaired) electrons. The molecule has 4 rings (SSSR count). The van der Waals surface area contributed by atoms with Gasteiger partial charge >= 0.3 is 0 Å². The van der Waals surface area contributed by atoms with E-state index >= 15 is 0 Å². The van der Waals surface area contributed by atoms with Crippen molar-refractivity contribution in [1.82, 2.24) is 5.32 Å². The topological polar surface area (TPSA) is 114 Å². The molecular weight excluding hydrogens is 390 g/mol. The summed E-state index contributed by atoms with van der Waals surface area (Å²) in [6.45, 7) is 3.50. The predicted octanol–water partition coefficient (Wildman–Crippen LogP) is 1.05. The Kier molecular flexibility index (Phi) is 4.88. The summed E-state index contributed by atoms with van der Waals surface area (Å²) in [5.74, 6) is -2.13. The van der Waals surface area contributed by atoms with Crippen LogP contribution in [0.2, 0.25) is 0 Å². The van der Waals surface area contributed by atoms with Crippen LogP contribution in [0.15, 0.2) is 53.8 Å². The van der Waals surface area contributed by atoms with Gasteiger partial charge in [0.05, 0.1) is 0 Å². The van der Waals surface area contributed by atoms with Crippen LogP contribution in [0.4, 0.5) is 0 Å². The summed E-state index contributed by atoms with van der Waals surface area (Å²) in [5, 5.41) is 13.5. The lowest BCUT2D eigenvalue weighted by atomic mass is 9.85. The molecule has 3 aliphatic rings. The molecule has 0 saturated carbocycles. The lowest BCUT2D eigenvalue weighted by Gasteiger charge is -2.32. The second-order valence-corrected chi connectivity index (χ2v) is 7.51. The molecule has 3 aliphatic heterocycles. The average molecular weight is 413 g/mol. The van der Waals surface area contributed by atoms with Crippen molar-refractivity contribution in [3.05, 3.63) is 59.4 Å². The van der Waals surface area contributed by atoms with Gasteiger partial charge in [0.1, 0.15) is 18.0 Å². The Morgan fingerprint density at radius 1 is 1.30 bits per heavy atom. The molecule has 158 valence electrons. The molecule has 30 heavy (non-hydrogen) atoms. The maximum absolute atomic E-state index is 13.2. The van der Waals surface area contributed by atoms with E-state index in [2.05, 4.69) is 5.32 Å². The van der Waals surface area contributed by atoms with Crippen LogP contribution in [0.1, 0.15) is 30.6 Å². The maximum atomic E-state index is 13.2. The molecule has 3 heterocycles. The molecule has 0 aromatic heterocycles. The van der Waals surface area contributed by atoms with Crippen molar-refractivity contribution in [2.75, 3.05) is 7.11 Å². The minimum Gasteiger partial charge on any atom is -0.467 e. The monoisotopic (exact) mass is 413 g/mol. The van der Waals surface area contributed by atoms with Gasteiger partial charge in [-0.2, -0.15) is 0 Å². The molecule has 1 spiro atoms. The van der Waals surface area contributed by atoms with E-state index in [1.807, 2.05) is 19.1 Å². The first-order valence-corrected chi connectivity index (χ1v) is 9.75. The summed E-state index contributed by atoms with van der Waals surface area (Å²) < 4.78 is 16.7. The van der Waals surface area contributed by atoms with Crippen molar-refractivity contribution in [2.45, 2.75) is 49.9 Å². The van der Waals surface area contributed by atoms with E-state index in [4.69, 9.17) is 14.2 Å². The second-order valence-electron chi connectivity index (χ2n) is 7.51. The van der Waals surface area contributed by atoms with Gasteiger partial charge in [0.2, 0.25) is 17.3 Å². The van der Waals surface area contributed by atoms with E-state index in [1.54, 1.807) is 18.2 Å². The van der Waals surface area contributed by atoms with E-state index in [0.717, 1.165) is 6.42 Å². The second kappa shape index (κ2) is 7.16. The van der Waals surface area contributed by atoms with Crippen molar-refractivity contribution < 1.29 is 33.7 Å². The van der Waals surface area contributed by atoms with E-state index in [0.29, 0.717) is 0 Å². The minimum absolute atomic E-state index is 0.181. The third-order valence-corrected chi connectivity index (χ3v) is 5.77. The van der Waals surface area contributed by atoms with Gasteiger partial charge in [-0.3, -0.25) is 14.4 Å². The van der Waals surface area contributed by atoms with E-state index in [1.165, 1.54) is 26.2 Å². The number of epoxide rings is 1. The number of Topliss-reactive ketones (excluding diaryl/α,β-unsaturated/α-hetero) is 2. The van der Waals surface area contributed by atoms with Crippen molar-refractivity contribution >= 4 is 17.5 Å². The lowest BCUT2D eigenvalue weighted by Crippen LogP contribution is -2.60. The first kappa shape index (κ1) is 20.5. The number of aliphatic hydroxyl groups excluding tert-OH is 1. The highest BCUT2D eigenvalue weighted by Crippen LogP contribution is 2.47. The molecule has 8 nitrogen and oxygen atoms in total. The van der Waals surface area contributed by atoms with Crippen molar-refractivity contribution in [2.24, 2.45) is 0 Å². The van der Waals surface area contributed by atoms with Gasteiger partial charge in [-0.15, -0.1) is 0 Å². The fourth-order valence-electron chi connectivity index (χ4n) is 4.02. The van der Waals surface area contributed by atoms with E-state index in [-0.39, 0.29) is 23.0 Å². The zero-order valence-corrected chi connectivity index (χ0v) is 16.9. The van der Waals surface area contributed by atoms with Crippen LogP contribution in [0.5, 0.6) is 0 Å². The van der Waals surface area contributed by atoms with Crippen molar-refractivity contribution in [3.63, 3.8) is 0 Å². The summed E-state index contributed by atoms with van der Waals surface area (Å²) in [7, 11) is 1.18. The molecule has 5 atom stereocenters. The summed E-state index contributed by atoms with van der Waals surface area (Å²) >= 11 is 0. The van der Waals surface area contributed by atoms with Gasteiger partial charge in [0, 0.05) is 18.2 Å². The number of methoxy groups -OCH3 is 1. The maximum Gasteiger partial charge on any atom is 0.278 e. The fraction of sp³-hybridized carbons (Fsp3) is 0.409. The van der Waals surface area contributed by atoms with Crippen molar-refractivity contribution in [1.29, 1.82) is 0 Å². The van der Waals surface area contributed by atoms with Crippen LogP contribution in [-0.4, -0.2) is 59.3 Å². The predicted molar refractivity (Wildman–Crippen MR) is 104 cm³/mol. The standard InChI is InChI=1S/C22H23NO7/c1-4-5-11-14-16(29-14)15-12(2)17(24)21(30-15)19(26)22(28-3,23-20(21)27)18(25)13-9-7-6-8-10-13/h5-11,14,16,19,26H,4H2,1-3H3,(H,23,27)/b11-5-/t14-,16+,19-,21+,22-/m1/s1. The van der Waals surface area contributed by atoms with Gasteiger partial charge in [0.15, 0.2) is 6.10 Å². The van der Waals surface area contributed by atoms with Crippen LogP contribution in [0.3, 0.4) is 0 Å². The molecule has 0 bridgehead atoms. The summed E-state index contributed by atoms with van der Waals surface area (Å²) in [4.78, 5) is 39.3. The van der Waals surface area contributed by atoms with E-state index < -0.39 is 41.0 Å². The summed E-state index contributed by atoms with van der Waals surface area (Å²) in [6.07, 6.45) is 1.92. The summed E-state index contributed by atoms with van der Waals surface area (Å²) in [6, 6.07) is 8.07. The van der Waals surface area contributed by atoms with E-state index in [9.17, 15) is 19.5 Å². The number of carbonyl (C=O) groups excluding carboxylic acids is 3. The molecule has 8 heteroatoms. The Balaban J connectivity index is 1.67. The molecule has 1 aromatic rings. The quantitative estimate of drug-likeness (QED) is 0.310. The molecule has 2 fully saturated rings. The third-order valence-electron chi connectivity index (χ3n) is 5.77. The van der Waals surface area contributed by atoms with Gasteiger partial charge in [-0.05, 0) is 13.3 Å². The Morgan fingerprint density at radius 3 is 2.63 bits per heavy atom. The average Bonchev–Trinajstić information content (AvgIpc) is 3.44. The Bertz CT molecular complexity index is 969. The Labute approximate surface area is 173 Å². The molecule has 2 saturated heterocycles. The van der Waals surface area contributed by atoms with Crippen LogP contribution in [-0.2, 0) is 23.8 Å². The highest BCUT2D eigenvalue weighted by Gasteiger charge is 2.74. The number of carbonyl (C=O) groups is 3. The molecule has 0 unspecified atom stereocenters. The van der Waals surface area contributed by atoms with Gasteiger partial charge in [-0.25, -0.2) is 0 Å². The molecular formula is C22H23NO7. The normalized spacial score (nSPS) is 35.3. The zero-order chi connectivity index (χ0) is 21.7. The SMILES string of the molecule is CC/C=C\[C@H]1O[C@@H]1C1=C(C)C(=O)[C@@]2(O1)C(=O)N[C@@](OC)(C(=O)c1ccccc1)[C@@H]2O. The van der Waals surface area contributed by atoms with Gasteiger partial charge < -0.3 is 24.6 Å². The number of aliphatic hydroxyl groups is 1. The van der Waals surface area contributed by atoms with Gasteiger partial charge in [-0.1, -0.05) is 49.4 Å². The van der Waals surface area contributed by atoms with Crippen LogP contribution < -0.4 is 5.32 Å². The largest absolute Gasteiger partial charge is 0.467 e. The number of amides is 1. The number of ketones is 2. The molecule has 1 amide bonds. The number of allylic oxidation sites excluding steroid dienone is 1. The number of nitrogens with one attached hydrogen (secondary N) is 1. The third kappa shape index (κ3) is 2.68. The smallest absolute Gasteiger partial charge is 0.278 e. The number of hydrogen-bond acceptors (Lipinski definition) is 7. The Morgan fingerprint density at radius 2 is 2.00 bits per heavy atom. The minimum atomic E-state index is -2.30. The molecule has 0 aliphatic carbocycles. The first-order chi connectivity index (χ1) is 14.3. The van der Waals surface area contributed by atoms with Crippen molar-refractivity contribution in [3.8, 4) is 0 Å². The highest BCUT2D eigenvalue weighted by molar-refractivity contribution is 6.23. The lowest BCUT2D eigenvalue weighted by molar-refractivity contribution is -0.160. The number of hydrogen-bond donors (Lipinski definition) is 2. The van der Waals surface area contributed by atoms with Crippen LogP contribution in [0, 0.1) is 0 Å². The number of rotatable bonds is 6. The van der Waals surface area contributed by atoms with Crippen LogP contribution >= 0.6 is 0 Å². The summed E-state index contributed by atoms with van der Waals surface area (Å²) in [5.41, 5.74) is -4.07. The number of benzene rings is 1. The highest BCUT2D eigenvalue weighted by atomic mass is 16.6. The number of ether oxygens (including phenoxy) is 3.